The van der Waals surface area contributed by atoms with Crippen LogP contribution in [0.15, 0.2) is 30.6 Å². The molecule has 0 unspecified atom stereocenters. The number of nitrogens with one attached hydrogen (secondary N) is 2. The van der Waals surface area contributed by atoms with Gasteiger partial charge in [0, 0.05) is 35.2 Å². The average molecular weight is 368 g/mol. The maximum Gasteiger partial charge on any atom is 0.280 e. The third kappa shape index (κ3) is 3.22. The quantitative estimate of drug-likeness (QED) is 0.738. The number of rotatable bonds is 4. The van der Waals surface area contributed by atoms with Gasteiger partial charge >= 0.3 is 0 Å². The molecule has 3 aromatic rings. The Morgan fingerprint density at radius 3 is 3.04 bits per heavy atom. The number of H-pyrrole nitrogens is 1. The van der Waals surface area contributed by atoms with Gasteiger partial charge in [-0.1, -0.05) is 19.9 Å². The number of hydrogen-bond acceptors (Lipinski definition) is 5. The zero-order chi connectivity index (χ0) is 18.1. The zero-order valence-corrected chi connectivity index (χ0v) is 15.5. The maximum atomic E-state index is 12.4. The number of aromatic amines is 1. The van der Waals surface area contributed by atoms with E-state index in [-0.39, 0.29) is 5.91 Å². The lowest BCUT2D eigenvalue weighted by molar-refractivity contribution is 0.0948. The van der Waals surface area contributed by atoms with Crippen molar-refractivity contribution in [3.63, 3.8) is 0 Å². The van der Waals surface area contributed by atoms with Gasteiger partial charge in [-0.25, -0.2) is 4.98 Å². The summed E-state index contributed by atoms with van der Waals surface area (Å²) in [6.07, 6.45) is 4.38. The Labute approximate surface area is 155 Å². The summed E-state index contributed by atoms with van der Waals surface area (Å²) in [5.41, 5.74) is 3.83. The summed E-state index contributed by atoms with van der Waals surface area (Å²) < 4.78 is 5.94. The number of amides is 1. The molecule has 1 amide bonds. The molecule has 1 aliphatic rings. The van der Waals surface area contributed by atoms with Crippen LogP contribution in [-0.4, -0.2) is 34.2 Å². The largest absolute Gasteiger partial charge is 0.492 e. The lowest BCUT2D eigenvalue weighted by atomic mass is 10.0. The van der Waals surface area contributed by atoms with Crippen LogP contribution in [0.5, 0.6) is 5.75 Å². The van der Waals surface area contributed by atoms with Crippen molar-refractivity contribution in [3.05, 3.63) is 40.5 Å². The second kappa shape index (κ2) is 6.92. The Kier molecular flexibility index (Phi) is 4.46. The van der Waals surface area contributed by atoms with E-state index < -0.39 is 0 Å². The molecular formula is C19H20N4O2S. The first kappa shape index (κ1) is 16.8. The van der Waals surface area contributed by atoms with Crippen LogP contribution in [0.3, 0.4) is 0 Å². The van der Waals surface area contributed by atoms with Gasteiger partial charge in [-0.05, 0) is 23.6 Å². The molecule has 0 spiro atoms. The molecule has 2 N–H and O–H groups in total. The summed E-state index contributed by atoms with van der Waals surface area (Å²) in [5.74, 6) is 1.10. The van der Waals surface area contributed by atoms with Crippen molar-refractivity contribution in [2.24, 2.45) is 5.92 Å². The van der Waals surface area contributed by atoms with E-state index in [9.17, 15) is 4.79 Å². The van der Waals surface area contributed by atoms with Crippen LogP contribution >= 0.6 is 11.3 Å². The Bertz CT molecular complexity index is 931. The van der Waals surface area contributed by atoms with E-state index in [1.165, 1.54) is 11.3 Å². The maximum absolute atomic E-state index is 12.4. The third-order valence-electron chi connectivity index (χ3n) is 4.22. The molecule has 0 fully saturated rings. The smallest absolute Gasteiger partial charge is 0.280 e. The first-order valence-electron chi connectivity index (χ1n) is 8.66. The molecule has 6 nitrogen and oxygen atoms in total. The van der Waals surface area contributed by atoms with Gasteiger partial charge in [0.2, 0.25) is 0 Å². The highest BCUT2D eigenvalue weighted by Crippen LogP contribution is 2.39. The Morgan fingerprint density at radius 1 is 1.38 bits per heavy atom. The predicted molar refractivity (Wildman–Crippen MR) is 102 cm³/mol. The normalized spacial score (nSPS) is 12.9. The van der Waals surface area contributed by atoms with E-state index >= 15 is 0 Å². The topological polar surface area (TPSA) is 79.9 Å². The number of benzene rings is 1. The molecule has 0 atom stereocenters. The summed E-state index contributed by atoms with van der Waals surface area (Å²) in [6.45, 7) is 5.37. The van der Waals surface area contributed by atoms with Crippen LogP contribution < -0.4 is 10.1 Å². The molecule has 134 valence electrons. The Balaban J connectivity index is 1.68. The second-order valence-electron chi connectivity index (χ2n) is 6.69. The van der Waals surface area contributed by atoms with Gasteiger partial charge in [-0.15, -0.1) is 11.3 Å². The fourth-order valence-corrected chi connectivity index (χ4v) is 3.85. The molecule has 1 aliphatic heterocycles. The SMILES string of the molecule is CC(C)CNC(=O)c1nc2c(s1)CCOc1cc(-c3cn[nH]c3)ccc1-2. The van der Waals surface area contributed by atoms with Gasteiger partial charge < -0.3 is 10.1 Å². The minimum atomic E-state index is -0.103. The molecule has 2 aromatic heterocycles. The van der Waals surface area contributed by atoms with Crippen LogP contribution in [-0.2, 0) is 6.42 Å². The van der Waals surface area contributed by atoms with Crippen molar-refractivity contribution in [2.75, 3.05) is 13.2 Å². The molecule has 7 heteroatoms. The van der Waals surface area contributed by atoms with E-state index in [1.807, 2.05) is 24.4 Å². The summed E-state index contributed by atoms with van der Waals surface area (Å²) >= 11 is 1.46. The molecule has 0 aliphatic carbocycles. The molecule has 1 aromatic carbocycles. The van der Waals surface area contributed by atoms with E-state index in [0.29, 0.717) is 24.1 Å². The minimum absolute atomic E-state index is 0.103. The zero-order valence-electron chi connectivity index (χ0n) is 14.7. The number of carbonyl (C=O) groups is 1. The molecule has 0 radical (unpaired) electrons. The van der Waals surface area contributed by atoms with Crippen LogP contribution in [0, 0.1) is 5.92 Å². The van der Waals surface area contributed by atoms with E-state index in [1.54, 1.807) is 6.20 Å². The number of thiazole rings is 1. The van der Waals surface area contributed by atoms with Gasteiger partial charge in [-0.3, -0.25) is 9.89 Å². The summed E-state index contributed by atoms with van der Waals surface area (Å²) in [4.78, 5) is 18.1. The molecule has 0 bridgehead atoms. The molecule has 0 saturated heterocycles. The number of fused-ring (bicyclic) bond motifs is 3. The standard InChI is InChI=1S/C19H20N4O2S/c1-11(2)8-20-18(24)19-23-17-14-4-3-12(13-9-21-22-10-13)7-15(14)25-6-5-16(17)26-19/h3-4,7,9-11H,5-6,8H2,1-2H3,(H,20,24)(H,21,22). The first-order chi connectivity index (χ1) is 12.6. The fraction of sp³-hybridized carbons (Fsp3) is 0.316. The van der Waals surface area contributed by atoms with Gasteiger partial charge in [0.15, 0.2) is 5.01 Å². The molecule has 26 heavy (non-hydrogen) atoms. The number of nitrogens with zero attached hydrogens (tertiary/aromatic N) is 2. The van der Waals surface area contributed by atoms with Crippen LogP contribution in [0.2, 0.25) is 0 Å². The lowest BCUT2D eigenvalue weighted by Gasteiger charge is -2.09. The monoisotopic (exact) mass is 368 g/mol. The Morgan fingerprint density at radius 2 is 2.27 bits per heavy atom. The van der Waals surface area contributed by atoms with E-state index in [2.05, 4.69) is 34.3 Å². The summed E-state index contributed by atoms with van der Waals surface area (Å²) in [7, 11) is 0. The molecule has 3 heterocycles. The van der Waals surface area contributed by atoms with Crippen molar-refractivity contribution in [1.82, 2.24) is 20.5 Å². The third-order valence-corrected chi connectivity index (χ3v) is 5.33. The number of aromatic nitrogens is 3. The Hall–Kier alpha value is -2.67. The van der Waals surface area contributed by atoms with Crippen molar-refractivity contribution in [1.29, 1.82) is 0 Å². The number of carbonyl (C=O) groups excluding carboxylic acids is 1. The van der Waals surface area contributed by atoms with Crippen LogP contribution in [0.4, 0.5) is 0 Å². The van der Waals surface area contributed by atoms with Crippen LogP contribution in [0.25, 0.3) is 22.4 Å². The van der Waals surface area contributed by atoms with E-state index in [4.69, 9.17) is 4.74 Å². The molecule has 0 saturated carbocycles. The summed E-state index contributed by atoms with van der Waals surface area (Å²) in [6, 6.07) is 6.05. The van der Waals surface area contributed by atoms with E-state index in [0.717, 1.165) is 39.4 Å². The lowest BCUT2D eigenvalue weighted by Crippen LogP contribution is -2.27. The first-order valence-corrected chi connectivity index (χ1v) is 9.47. The van der Waals surface area contributed by atoms with Crippen molar-refractivity contribution in [2.45, 2.75) is 20.3 Å². The second-order valence-corrected chi connectivity index (χ2v) is 7.77. The van der Waals surface area contributed by atoms with Crippen molar-refractivity contribution in [3.8, 4) is 28.1 Å². The number of hydrogen-bond donors (Lipinski definition) is 2. The van der Waals surface area contributed by atoms with Crippen molar-refractivity contribution >= 4 is 17.2 Å². The highest BCUT2D eigenvalue weighted by Gasteiger charge is 2.23. The average Bonchev–Trinajstić information content (AvgIpc) is 3.27. The van der Waals surface area contributed by atoms with Gasteiger partial charge in [0.25, 0.3) is 5.91 Å². The van der Waals surface area contributed by atoms with Gasteiger partial charge in [0.05, 0.1) is 18.5 Å². The highest BCUT2D eigenvalue weighted by atomic mass is 32.1. The van der Waals surface area contributed by atoms with Crippen molar-refractivity contribution < 1.29 is 9.53 Å². The molecular weight excluding hydrogens is 348 g/mol. The van der Waals surface area contributed by atoms with Gasteiger partial charge in [0.1, 0.15) is 5.75 Å². The molecule has 4 rings (SSSR count). The van der Waals surface area contributed by atoms with Crippen LogP contribution in [0.1, 0.15) is 28.5 Å². The fourth-order valence-electron chi connectivity index (χ4n) is 2.88. The minimum Gasteiger partial charge on any atom is -0.492 e. The predicted octanol–water partition coefficient (Wildman–Crippen LogP) is 3.52. The van der Waals surface area contributed by atoms with Gasteiger partial charge in [-0.2, -0.15) is 5.10 Å². The summed E-state index contributed by atoms with van der Waals surface area (Å²) in [5, 5.41) is 10.3. The number of ether oxygens (including phenoxy) is 1. The highest BCUT2D eigenvalue weighted by molar-refractivity contribution is 7.14.